The van der Waals surface area contributed by atoms with Crippen molar-refractivity contribution in [3.8, 4) is 0 Å². The molecule has 0 spiro atoms. The van der Waals surface area contributed by atoms with Gasteiger partial charge in [0.15, 0.2) is 4.71 Å². The van der Waals surface area contributed by atoms with Crippen LogP contribution in [0, 0.1) is 0 Å². The zero-order valence-electron chi connectivity index (χ0n) is 4.50. The summed E-state index contributed by atoms with van der Waals surface area (Å²) in [6, 6.07) is 0. The van der Waals surface area contributed by atoms with Crippen LogP contribution >= 0.6 is 22.4 Å². The first kappa shape index (κ1) is 7.65. The summed E-state index contributed by atoms with van der Waals surface area (Å²) in [6.45, 7) is 0.723. The second kappa shape index (κ2) is 2.65. The van der Waals surface area contributed by atoms with Gasteiger partial charge < -0.3 is 0 Å². The van der Waals surface area contributed by atoms with E-state index in [0.717, 1.165) is 12.3 Å². The number of thioether (sulfide) groups is 1. The van der Waals surface area contributed by atoms with Crippen molar-refractivity contribution in [3.05, 3.63) is 0 Å². The highest BCUT2D eigenvalue weighted by Gasteiger charge is 2.26. The van der Waals surface area contributed by atoms with E-state index in [4.69, 9.17) is 10.7 Å². The highest BCUT2D eigenvalue weighted by molar-refractivity contribution is 8.24. The first-order chi connectivity index (χ1) is 4.11. The van der Waals surface area contributed by atoms with E-state index in [-0.39, 0.29) is 0 Å². The summed E-state index contributed by atoms with van der Waals surface area (Å²) < 4.78 is 20.4. The van der Waals surface area contributed by atoms with Crippen molar-refractivity contribution < 1.29 is 8.42 Å². The summed E-state index contributed by atoms with van der Waals surface area (Å²) in [7, 11) is 1.65. The fraction of sp³-hybridized carbons (Fsp3) is 1.00. The fourth-order valence-electron chi connectivity index (χ4n) is 0.582. The van der Waals surface area contributed by atoms with Crippen molar-refractivity contribution in [2.24, 2.45) is 0 Å². The van der Waals surface area contributed by atoms with Gasteiger partial charge in [-0.25, -0.2) is 8.42 Å². The molecule has 0 radical (unpaired) electrons. The molecular formula is C3H6ClNO2S2. The van der Waals surface area contributed by atoms with Crippen molar-refractivity contribution in [3.63, 3.8) is 0 Å². The van der Waals surface area contributed by atoms with Gasteiger partial charge in [0.1, 0.15) is 0 Å². The van der Waals surface area contributed by atoms with Crippen LogP contribution in [0.25, 0.3) is 0 Å². The molecule has 1 aliphatic heterocycles. The maximum Gasteiger partial charge on any atom is 0.258 e. The Bertz CT molecular complexity index is 184. The molecule has 0 aromatic rings. The van der Waals surface area contributed by atoms with Crippen molar-refractivity contribution >= 4 is 31.5 Å². The minimum absolute atomic E-state index is 0.584. The molecule has 0 saturated carbocycles. The van der Waals surface area contributed by atoms with Gasteiger partial charge in [-0.2, -0.15) is 0 Å². The molecule has 1 unspecified atom stereocenters. The van der Waals surface area contributed by atoms with Crippen LogP contribution in [-0.2, 0) is 9.05 Å². The standard InChI is InChI=1S/C3H6ClNO2S2/c4-9(6,7)3-5-1-2-8-3/h3,5H,1-2H2. The summed E-state index contributed by atoms with van der Waals surface area (Å²) in [5.74, 6) is 0.816. The summed E-state index contributed by atoms with van der Waals surface area (Å²) >= 11 is 1.32. The van der Waals surface area contributed by atoms with Gasteiger partial charge in [0.2, 0.25) is 0 Å². The minimum atomic E-state index is -3.38. The van der Waals surface area contributed by atoms with Gasteiger partial charge >= 0.3 is 0 Å². The Labute approximate surface area is 62.6 Å². The van der Waals surface area contributed by atoms with E-state index < -0.39 is 13.8 Å². The lowest BCUT2D eigenvalue weighted by molar-refractivity contribution is 0.600. The Hall–Kier alpha value is 0.550. The van der Waals surface area contributed by atoms with E-state index in [9.17, 15) is 8.42 Å². The molecule has 1 rings (SSSR count). The number of hydrogen-bond donors (Lipinski definition) is 1. The molecule has 1 fully saturated rings. The predicted molar refractivity (Wildman–Crippen MR) is 39.0 cm³/mol. The van der Waals surface area contributed by atoms with Gasteiger partial charge in [-0.05, 0) is 0 Å². The Morgan fingerprint density at radius 3 is 2.56 bits per heavy atom. The van der Waals surface area contributed by atoms with Crippen LogP contribution < -0.4 is 5.32 Å². The highest BCUT2D eigenvalue weighted by atomic mass is 35.7. The molecule has 1 N–H and O–H groups in total. The van der Waals surface area contributed by atoms with Gasteiger partial charge in [-0.1, -0.05) is 0 Å². The lowest BCUT2D eigenvalue weighted by atomic mass is 10.8. The van der Waals surface area contributed by atoms with E-state index >= 15 is 0 Å². The van der Waals surface area contributed by atoms with Crippen LogP contribution in [0.3, 0.4) is 0 Å². The lowest BCUT2D eigenvalue weighted by Gasteiger charge is -2.01. The van der Waals surface area contributed by atoms with Gasteiger partial charge in [0, 0.05) is 23.0 Å². The molecule has 0 aliphatic carbocycles. The number of nitrogens with one attached hydrogen (secondary N) is 1. The number of halogens is 1. The number of rotatable bonds is 1. The fourth-order valence-corrected chi connectivity index (χ4v) is 3.18. The second-order valence-corrected chi connectivity index (χ2v) is 5.86. The van der Waals surface area contributed by atoms with E-state index in [1.807, 2.05) is 0 Å². The average molecular weight is 188 g/mol. The molecule has 9 heavy (non-hydrogen) atoms. The number of hydrogen-bond acceptors (Lipinski definition) is 4. The zero-order chi connectivity index (χ0) is 6.91. The van der Waals surface area contributed by atoms with E-state index in [1.54, 1.807) is 0 Å². The molecule has 0 amide bonds. The molecule has 1 saturated heterocycles. The molecule has 54 valence electrons. The summed E-state index contributed by atoms with van der Waals surface area (Å²) in [5, 5.41) is 2.74. The maximum atomic E-state index is 10.5. The molecule has 1 aliphatic rings. The quantitative estimate of drug-likeness (QED) is 0.595. The molecule has 3 nitrogen and oxygen atoms in total. The van der Waals surface area contributed by atoms with Gasteiger partial charge in [0.25, 0.3) is 9.05 Å². The molecule has 0 bridgehead atoms. The molecule has 0 aromatic carbocycles. The van der Waals surface area contributed by atoms with Crippen LogP contribution in [0.2, 0.25) is 0 Å². The van der Waals surface area contributed by atoms with E-state index in [1.165, 1.54) is 11.8 Å². The minimum Gasteiger partial charge on any atom is -0.291 e. The van der Waals surface area contributed by atoms with Gasteiger partial charge in [-0.3, -0.25) is 5.32 Å². The SMILES string of the molecule is O=S(=O)(Cl)C1NCCS1. The van der Waals surface area contributed by atoms with Gasteiger partial charge in [-0.15, -0.1) is 11.8 Å². The van der Waals surface area contributed by atoms with Crippen LogP contribution in [-0.4, -0.2) is 25.4 Å². The van der Waals surface area contributed by atoms with E-state index in [0.29, 0.717) is 0 Å². The second-order valence-electron chi connectivity index (χ2n) is 1.63. The molecule has 6 heteroatoms. The summed E-state index contributed by atoms with van der Waals surface area (Å²) in [4.78, 5) is 0. The van der Waals surface area contributed by atoms with Crippen LogP contribution in [0.15, 0.2) is 0 Å². The maximum absolute atomic E-state index is 10.5. The van der Waals surface area contributed by atoms with Crippen LogP contribution in [0.5, 0.6) is 0 Å². The molecule has 0 aromatic heterocycles. The third-order valence-corrected chi connectivity index (χ3v) is 4.55. The molecule has 1 heterocycles. The highest BCUT2D eigenvalue weighted by Crippen LogP contribution is 2.21. The van der Waals surface area contributed by atoms with Crippen molar-refractivity contribution in [1.82, 2.24) is 5.32 Å². The van der Waals surface area contributed by atoms with Gasteiger partial charge in [0.05, 0.1) is 0 Å². The normalized spacial score (nSPS) is 28.8. The van der Waals surface area contributed by atoms with Crippen molar-refractivity contribution in [1.29, 1.82) is 0 Å². The van der Waals surface area contributed by atoms with Crippen LogP contribution in [0.4, 0.5) is 0 Å². The van der Waals surface area contributed by atoms with Crippen LogP contribution in [0.1, 0.15) is 0 Å². The third-order valence-electron chi connectivity index (χ3n) is 0.938. The molecular weight excluding hydrogens is 182 g/mol. The Balaban J connectivity index is 2.63. The molecule has 1 atom stereocenters. The zero-order valence-corrected chi connectivity index (χ0v) is 6.89. The Morgan fingerprint density at radius 2 is 2.33 bits per heavy atom. The van der Waals surface area contributed by atoms with E-state index in [2.05, 4.69) is 5.32 Å². The Morgan fingerprint density at radius 1 is 1.67 bits per heavy atom. The topological polar surface area (TPSA) is 46.2 Å². The Kier molecular flexibility index (Phi) is 2.26. The predicted octanol–water partition coefficient (Wildman–Crippen LogP) is 0.175. The first-order valence-electron chi connectivity index (χ1n) is 2.39. The van der Waals surface area contributed by atoms with Crippen molar-refractivity contribution in [2.75, 3.05) is 12.3 Å². The largest absolute Gasteiger partial charge is 0.291 e. The average Bonchev–Trinajstić information content (AvgIpc) is 2.08. The third kappa shape index (κ3) is 2.00. The smallest absolute Gasteiger partial charge is 0.258 e. The lowest BCUT2D eigenvalue weighted by Crippen LogP contribution is -2.24. The van der Waals surface area contributed by atoms with Crippen molar-refractivity contribution in [2.45, 2.75) is 4.71 Å². The first-order valence-corrected chi connectivity index (χ1v) is 5.81. The monoisotopic (exact) mass is 187 g/mol. The summed E-state index contributed by atoms with van der Waals surface area (Å²) in [5.41, 5.74) is 0. The summed E-state index contributed by atoms with van der Waals surface area (Å²) in [6.07, 6.45) is 0.